The van der Waals surface area contributed by atoms with E-state index in [2.05, 4.69) is 0 Å². The van der Waals surface area contributed by atoms with E-state index in [1.54, 1.807) is 11.0 Å². The van der Waals surface area contributed by atoms with Crippen LogP contribution in [0.2, 0.25) is 0 Å². The fourth-order valence-electron chi connectivity index (χ4n) is 0.942. The molecule has 0 unspecified atom stereocenters. The van der Waals surface area contributed by atoms with Gasteiger partial charge in [-0.2, -0.15) is 34.5 Å². The third-order valence-corrected chi connectivity index (χ3v) is 3.39. The smallest absolute Gasteiger partial charge is 0.548 e. The van der Waals surface area contributed by atoms with Crippen LogP contribution in [0, 0.1) is 0 Å². The number of carboxylic acids is 2. The molecule has 0 bridgehead atoms. The van der Waals surface area contributed by atoms with E-state index in [9.17, 15) is 19.8 Å². The summed E-state index contributed by atoms with van der Waals surface area (Å²) < 4.78 is 0. The Labute approximate surface area is 162 Å². The van der Waals surface area contributed by atoms with Crippen LogP contribution in [0.4, 0.5) is 0 Å². The molecule has 0 fully saturated rings. The van der Waals surface area contributed by atoms with Gasteiger partial charge in [0.1, 0.15) is 0 Å². The van der Waals surface area contributed by atoms with Gasteiger partial charge in [0.2, 0.25) is 0 Å². The molecule has 11 heteroatoms. The maximum atomic E-state index is 10.1. The number of rotatable bonds is 10. The zero-order valence-corrected chi connectivity index (χ0v) is 15.9. The molecule has 0 aliphatic heterocycles. The second kappa shape index (κ2) is 18.8. The summed E-state index contributed by atoms with van der Waals surface area (Å²) in [6.45, 7) is 0. The van der Waals surface area contributed by atoms with Crippen molar-refractivity contribution in [2.24, 2.45) is 0 Å². The molecular weight excluding hydrogens is 348 g/mol. The van der Waals surface area contributed by atoms with Crippen LogP contribution in [0.5, 0.6) is 0 Å². The van der Waals surface area contributed by atoms with Crippen LogP contribution in [-0.2, 0) is 9.59 Å². The van der Waals surface area contributed by atoms with Gasteiger partial charge in [-0.25, -0.2) is 0 Å². The Morgan fingerprint density at radius 1 is 0.952 bits per heavy atom. The largest absolute Gasteiger partial charge is 2.00 e. The molecule has 8 nitrogen and oxygen atoms in total. The normalized spacial score (nSPS) is 12.4. The van der Waals surface area contributed by atoms with Crippen molar-refractivity contribution in [3.63, 3.8) is 0 Å². The number of hydrogen-bond acceptors (Lipinski definition) is 10. The monoisotopic (exact) mass is 368 g/mol. The van der Waals surface area contributed by atoms with Gasteiger partial charge < -0.3 is 30.2 Å². The predicted molar refractivity (Wildman–Crippen MR) is 79.2 cm³/mol. The summed E-state index contributed by atoms with van der Waals surface area (Å²) >= 11 is 3.04. The Morgan fingerprint density at radius 2 is 1.24 bits per heavy atom. The fourth-order valence-corrected chi connectivity index (χ4v) is 1.88. The SMILES string of the molecule is CSCC[C@H](NO)C(=O)[O-].CSCC[C@H](NO)C(=O)[O-].[Ca+2]. The van der Waals surface area contributed by atoms with Crippen molar-refractivity contribution in [1.82, 2.24) is 11.0 Å². The zero-order chi connectivity index (χ0) is 16.0. The van der Waals surface area contributed by atoms with Gasteiger partial charge in [-0.3, -0.25) is 0 Å². The number of nitrogens with one attached hydrogen (secondary N) is 2. The number of carboxylic acid groups (broad SMARTS) is 2. The average Bonchev–Trinajstić information content (AvgIpc) is 2.40. The summed E-state index contributed by atoms with van der Waals surface area (Å²) in [5, 5.41) is 36.7. The number of thioether (sulfide) groups is 2. The van der Waals surface area contributed by atoms with E-state index in [0.717, 1.165) is 0 Å². The number of carbonyl (C=O) groups excluding carboxylic acids is 2. The van der Waals surface area contributed by atoms with Crippen LogP contribution < -0.4 is 21.2 Å². The fraction of sp³-hybridized carbons (Fsp3) is 0.800. The van der Waals surface area contributed by atoms with E-state index in [0.29, 0.717) is 24.3 Å². The molecule has 0 rings (SSSR count). The van der Waals surface area contributed by atoms with Gasteiger partial charge in [0, 0.05) is 0 Å². The van der Waals surface area contributed by atoms with Crippen LogP contribution in [0.3, 0.4) is 0 Å². The first-order chi connectivity index (χ1) is 9.44. The Kier molecular flexibility index (Phi) is 23.8. The molecule has 2 atom stereocenters. The van der Waals surface area contributed by atoms with E-state index in [1.807, 2.05) is 12.5 Å². The van der Waals surface area contributed by atoms with Crippen molar-refractivity contribution >= 4 is 73.2 Å². The minimum Gasteiger partial charge on any atom is -0.548 e. The summed E-state index contributed by atoms with van der Waals surface area (Å²) in [6.07, 6.45) is 4.48. The topological polar surface area (TPSA) is 145 Å². The Bertz CT molecular complexity index is 250. The van der Waals surface area contributed by atoms with Crippen LogP contribution in [0.1, 0.15) is 12.8 Å². The van der Waals surface area contributed by atoms with Crippen LogP contribution >= 0.6 is 23.5 Å². The quantitative estimate of drug-likeness (QED) is 0.237. The van der Waals surface area contributed by atoms with Crippen molar-refractivity contribution in [3.8, 4) is 0 Å². The van der Waals surface area contributed by atoms with Crippen LogP contribution in [0.25, 0.3) is 0 Å². The third-order valence-electron chi connectivity index (χ3n) is 2.10. The minimum atomic E-state index is -1.27. The molecule has 0 saturated carbocycles. The third kappa shape index (κ3) is 16.9. The molecule has 0 spiro atoms. The van der Waals surface area contributed by atoms with Gasteiger partial charge in [0.05, 0.1) is 24.0 Å². The second-order valence-corrected chi connectivity index (χ2v) is 5.54. The molecule has 120 valence electrons. The van der Waals surface area contributed by atoms with Crippen molar-refractivity contribution in [2.45, 2.75) is 24.9 Å². The van der Waals surface area contributed by atoms with Crippen molar-refractivity contribution < 1.29 is 30.2 Å². The summed E-state index contributed by atoms with van der Waals surface area (Å²) in [5.41, 5.74) is 3.32. The maximum Gasteiger partial charge on any atom is 2.00 e. The molecule has 0 saturated heterocycles. The molecule has 4 N–H and O–H groups in total. The molecule has 21 heavy (non-hydrogen) atoms. The van der Waals surface area contributed by atoms with Gasteiger partial charge >= 0.3 is 37.7 Å². The first-order valence-electron chi connectivity index (χ1n) is 5.63. The van der Waals surface area contributed by atoms with Gasteiger partial charge in [0.15, 0.2) is 0 Å². The first kappa shape index (κ1) is 26.6. The first-order valence-corrected chi connectivity index (χ1v) is 8.42. The molecule has 0 radical (unpaired) electrons. The second-order valence-electron chi connectivity index (χ2n) is 3.56. The summed E-state index contributed by atoms with van der Waals surface area (Å²) in [4.78, 5) is 20.2. The molecule has 0 heterocycles. The van der Waals surface area contributed by atoms with Gasteiger partial charge in [-0.15, -0.1) is 0 Å². The molecule has 0 aromatic rings. The van der Waals surface area contributed by atoms with E-state index in [4.69, 9.17) is 10.4 Å². The van der Waals surface area contributed by atoms with Gasteiger partial charge in [-0.05, 0) is 36.9 Å². The van der Waals surface area contributed by atoms with Gasteiger partial charge in [0.25, 0.3) is 0 Å². The van der Waals surface area contributed by atoms with Gasteiger partial charge in [-0.1, -0.05) is 0 Å². The van der Waals surface area contributed by atoms with E-state index >= 15 is 0 Å². The number of hydrogen-bond donors (Lipinski definition) is 4. The van der Waals surface area contributed by atoms with Crippen LogP contribution in [-0.4, -0.2) is 96.2 Å². The van der Waals surface area contributed by atoms with E-state index in [-0.39, 0.29) is 37.7 Å². The van der Waals surface area contributed by atoms with Crippen LogP contribution in [0.15, 0.2) is 0 Å². The Morgan fingerprint density at radius 3 is 1.38 bits per heavy atom. The van der Waals surface area contributed by atoms with Crippen molar-refractivity contribution in [3.05, 3.63) is 0 Å². The standard InChI is InChI=1S/2C5H11NO3S.Ca/c2*1-10-3-2-4(6-9)5(7)8;/h2*4,6,9H,2-3H2,1H3,(H,7,8);/q;;+2/p-2/t2*4-;/m00./s1. The molecular formula is C10H20CaN2O6S2. The Hall–Kier alpha value is 0.740. The summed E-state index contributed by atoms with van der Waals surface area (Å²) in [6, 6.07) is -1.88. The predicted octanol–water partition coefficient (Wildman–Crippen LogP) is -2.71. The summed E-state index contributed by atoms with van der Waals surface area (Å²) in [7, 11) is 0. The summed E-state index contributed by atoms with van der Waals surface area (Å²) in [5.74, 6) is -1.16. The van der Waals surface area contributed by atoms with Crippen molar-refractivity contribution in [1.29, 1.82) is 0 Å². The number of hydroxylamine groups is 2. The zero-order valence-electron chi connectivity index (χ0n) is 12.0. The minimum absolute atomic E-state index is 0. The van der Waals surface area contributed by atoms with E-state index < -0.39 is 24.0 Å². The maximum absolute atomic E-state index is 10.1. The average molecular weight is 368 g/mol. The number of aliphatic carboxylic acids is 2. The molecule has 0 aliphatic rings. The molecule has 0 aromatic carbocycles. The number of carbonyl (C=O) groups is 2. The van der Waals surface area contributed by atoms with E-state index in [1.165, 1.54) is 23.5 Å². The molecule has 0 aliphatic carbocycles. The Balaban J connectivity index is -0.000000295. The van der Waals surface area contributed by atoms with Crippen molar-refractivity contribution in [2.75, 3.05) is 24.0 Å². The molecule has 0 amide bonds. The molecule has 0 aromatic heterocycles.